The molecule has 1 aliphatic rings. The lowest BCUT2D eigenvalue weighted by molar-refractivity contribution is -0.151. The van der Waals surface area contributed by atoms with Gasteiger partial charge in [0.15, 0.2) is 12.4 Å². The Balaban J connectivity index is 1.27. The van der Waals surface area contributed by atoms with Crippen LogP contribution in [-0.4, -0.2) is 36.7 Å². The van der Waals surface area contributed by atoms with Crippen molar-refractivity contribution in [2.75, 3.05) is 23.4 Å². The van der Waals surface area contributed by atoms with E-state index in [2.05, 4.69) is 5.32 Å². The molecule has 0 bridgehead atoms. The number of hydrogen-bond acceptors (Lipinski definition) is 6. The van der Waals surface area contributed by atoms with Gasteiger partial charge in [0.2, 0.25) is 5.91 Å². The van der Waals surface area contributed by atoms with Gasteiger partial charge < -0.3 is 19.7 Å². The zero-order valence-electron chi connectivity index (χ0n) is 20.0. The lowest BCUT2D eigenvalue weighted by atomic mass is 10.1. The van der Waals surface area contributed by atoms with Crippen molar-refractivity contribution in [3.05, 3.63) is 83.9 Å². The minimum Gasteiger partial charge on any atom is -0.457 e. The maximum absolute atomic E-state index is 12.5. The topological polar surface area (TPSA) is 102 Å². The molecule has 0 aromatic heterocycles. The summed E-state index contributed by atoms with van der Waals surface area (Å²) in [6.45, 7) is 3.16. The monoisotopic (exact) mass is 486 g/mol. The van der Waals surface area contributed by atoms with Crippen molar-refractivity contribution < 1.29 is 28.7 Å². The summed E-state index contributed by atoms with van der Waals surface area (Å²) in [7, 11) is 0. The number of ether oxygens (including phenoxy) is 2. The Bertz CT molecular complexity index is 1270. The van der Waals surface area contributed by atoms with Crippen LogP contribution in [0.5, 0.6) is 11.5 Å². The standard InChI is InChI=1S/C28H26N2O6/c1-18-3-11-24(12-4-18)36-25-13-9-23(10-14-25)30-16-21(15-27(30)33)28(34)35-17-26(32)29-22-7-5-20(6-8-22)19(2)31/h3-14,21H,15-17H2,1-2H3,(H,29,32)/t21-/m1/s1. The second kappa shape index (κ2) is 10.9. The number of anilines is 2. The number of ketones is 1. The van der Waals surface area contributed by atoms with E-state index in [4.69, 9.17) is 9.47 Å². The minimum absolute atomic E-state index is 0.00851. The summed E-state index contributed by atoms with van der Waals surface area (Å²) < 4.78 is 11.0. The molecule has 1 saturated heterocycles. The maximum Gasteiger partial charge on any atom is 0.311 e. The minimum atomic E-state index is -0.663. The molecule has 36 heavy (non-hydrogen) atoms. The fourth-order valence-electron chi connectivity index (χ4n) is 3.79. The largest absolute Gasteiger partial charge is 0.457 e. The summed E-state index contributed by atoms with van der Waals surface area (Å²) in [5, 5.41) is 2.61. The van der Waals surface area contributed by atoms with Gasteiger partial charge in [-0.25, -0.2) is 0 Å². The Morgan fingerprint density at radius 1 is 0.917 bits per heavy atom. The zero-order chi connectivity index (χ0) is 25.7. The summed E-state index contributed by atoms with van der Waals surface area (Å²) >= 11 is 0. The number of amides is 2. The highest BCUT2D eigenvalue weighted by atomic mass is 16.5. The molecule has 0 unspecified atom stereocenters. The number of Topliss-reactive ketones (excluding diaryl/α,β-unsaturated/α-hetero) is 1. The summed E-state index contributed by atoms with van der Waals surface area (Å²) in [5.41, 5.74) is 2.80. The highest BCUT2D eigenvalue weighted by molar-refractivity contribution is 6.00. The Morgan fingerprint density at radius 2 is 1.53 bits per heavy atom. The molecule has 3 aromatic carbocycles. The van der Waals surface area contributed by atoms with Crippen LogP contribution >= 0.6 is 0 Å². The van der Waals surface area contributed by atoms with Gasteiger partial charge in [-0.05, 0) is 74.5 Å². The number of carbonyl (C=O) groups is 4. The van der Waals surface area contributed by atoms with Crippen molar-refractivity contribution in [3.63, 3.8) is 0 Å². The molecular weight excluding hydrogens is 460 g/mol. The predicted molar refractivity (Wildman–Crippen MR) is 134 cm³/mol. The third kappa shape index (κ3) is 6.15. The number of carbonyl (C=O) groups excluding carboxylic acids is 4. The zero-order valence-corrected chi connectivity index (χ0v) is 20.0. The first-order valence-electron chi connectivity index (χ1n) is 11.5. The second-order valence-electron chi connectivity index (χ2n) is 8.60. The van der Waals surface area contributed by atoms with Gasteiger partial charge in [-0.15, -0.1) is 0 Å². The molecule has 0 spiro atoms. The average Bonchev–Trinajstić information content (AvgIpc) is 3.26. The Kier molecular flexibility index (Phi) is 7.44. The number of nitrogens with one attached hydrogen (secondary N) is 1. The third-order valence-electron chi connectivity index (χ3n) is 5.78. The molecule has 1 atom stereocenters. The fraction of sp³-hybridized carbons (Fsp3) is 0.214. The number of esters is 1. The van der Waals surface area contributed by atoms with Gasteiger partial charge in [-0.3, -0.25) is 19.2 Å². The molecule has 8 heteroatoms. The van der Waals surface area contributed by atoms with Crippen LogP contribution in [0, 0.1) is 12.8 Å². The summed E-state index contributed by atoms with van der Waals surface area (Å²) in [4.78, 5) is 50.0. The van der Waals surface area contributed by atoms with Gasteiger partial charge in [0.1, 0.15) is 11.5 Å². The molecule has 0 aliphatic carbocycles. The first-order chi connectivity index (χ1) is 17.3. The van der Waals surface area contributed by atoms with E-state index in [0.29, 0.717) is 28.4 Å². The van der Waals surface area contributed by atoms with E-state index in [9.17, 15) is 19.2 Å². The van der Waals surface area contributed by atoms with E-state index in [1.807, 2.05) is 31.2 Å². The number of nitrogens with zero attached hydrogens (tertiary/aromatic N) is 1. The average molecular weight is 487 g/mol. The number of rotatable bonds is 8. The van der Waals surface area contributed by atoms with Gasteiger partial charge >= 0.3 is 5.97 Å². The van der Waals surface area contributed by atoms with Crippen LogP contribution in [0.25, 0.3) is 0 Å². The fourth-order valence-corrected chi connectivity index (χ4v) is 3.79. The maximum atomic E-state index is 12.5. The lowest BCUT2D eigenvalue weighted by Crippen LogP contribution is -2.28. The summed E-state index contributed by atoms with van der Waals surface area (Å²) in [6.07, 6.45) is 0.00851. The molecule has 4 rings (SSSR count). The highest BCUT2D eigenvalue weighted by Gasteiger charge is 2.36. The molecule has 3 aromatic rings. The van der Waals surface area contributed by atoms with Crippen molar-refractivity contribution in [3.8, 4) is 11.5 Å². The molecule has 184 valence electrons. The Hall–Kier alpha value is -4.46. The van der Waals surface area contributed by atoms with Crippen molar-refractivity contribution in [2.24, 2.45) is 5.92 Å². The highest BCUT2D eigenvalue weighted by Crippen LogP contribution is 2.29. The van der Waals surface area contributed by atoms with E-state index in [0.717, 1.165) is 5.56 Å². The number of benzene rings is 3. The van der Waals surface area contributed by atoms with E-state index in [1.54, 1.807) is 48.5 Å². The first kappa shape index (κ1) is 24.7. The van der Waals surface area contributed by atoms with E-state index in [1.165, 1.54) is 11.8 Å². The van der Waals surface area contributed by atoms with Crippen LogP contribution in [0.4, 0.5) is 11.4 Å². The third-order valence-corrected chi connectivity index (χ3v) is 5.78. The van der Waals surface area contributed by atoms with Gasteiger partial charge in [-0.2, -0.15) is 0 Å². The normalized spacial score (nSPS) is 14.9. The van der Waals surface area contributed by atoms with Crippen LogP contribution in [0.15, 0.2) is 72.8 Å². The van der Waals surface area contributed by atoms with E-state index in [-0.39, 0.29) is 24.7 Å². The van der Waals surface area contributed by atoms with Gasteiger partial charge in [0, 0.05) is 29.9 Å². The number of hydrogen-bond donors (Lipinski definition) is 1. The molecule has 1 N–H and O–H groups in total. The molecule has 1 aliphatic heterocycles. The van der Waals surface area contributed by atoms with Crippen LogP contribution in [-0.2, 0) is 19.1 Å². The van der Waals surface area contributed by atoms with Gasteiger partial charge in [0.05, 0.1) is 5.92 Å². The molecule has 0 radical (unpaired) electrons. The SMILES string of the molecule is CC(=O)c1ccc(NC(=O)COC(=O)[C@@H]2CC(=O)N(c3ccc(Oc4ccc(C)cc4)cc3)C2)cc1. The molecule has 0 saturated carbocycles. The molecule has 1 fully saturated rings. The van der Waals surface area contributed by atoms with Crippen molar-refractivity contribution in [2.45, 2.75) is 20.3 Å². The quantitative estimate of drug-likeness (QED) is 0.371. The Morgan fingerprint density at radius 3 is 2.14 bits per heavy atom. The lowest BCUT2D eigenvalue weighted by Gasteiger charge is -2.17. The van der Waals surface area contributed by atoms with E-state index < -0.39 is 24.4 Å². The summed E-state index contributed by atoms with van der Waals surface area (Å²) in [6, 6.07) is 21.1. The summed E-state index contributed by atoms with van der Waals surface area (Å²) in [5.74, 6) is -0.703. The van der Waals surface area contributed by atoms with Crippen LogP contribution in [0.1, 0.15) is 29.3 Å². The van der Waals surface area contributed by atoms with Crippen molar-refractivity contribution in [1.82, 2.24) is 0 Å². The molecule has 2 amide bonds. The van der Waals surface area contributed by atoms with Crippen molar-refractivity contribution >= 4 is 34.9 Å². The van der Waals surface area contributed by atoms with Crippen molar-refractivity contribution in [1.29, 1.82) is 0 Å². The first-order valence-corrected chi connectivity index (χ1v) is 11.5. The van der Waals surface area contributed by atoms with Crippen LogP contribution < -0.4 is 15.0 Å². The van der Waals surface area contributed by atoms with Gasteiger partial charge in [-0.1, -0.05) is 17.7 Å². The molecule has 1 heterocycles. The van der Waals surface area contributed by atoms with E-state index >= 15 is 0 Å². The number of aryl methyl sites for hydroxylation is 1. The predicted octanol–water partition coefficient (Wildman–Crippen LogP) is 4.52. The smallest absolute Gasteiger partial charge is 0.311 e. The van der Waals surface area contributed by atoms with Crippen LogP contribution in [0.3, 0.4) is 0 Å². The van der Waals surface area contributed by atoms with Crippen LogP contribution in [0.2, 0.25) is 0 Å². The Labute approximate surface area is 208 Å². The second-order valence-corrected chi connectivity index (χ2v) is 8.60. The van der Waals surface area contributed by atoms with Gasteiger partial charge in [0.25, 0.3) is 5.91 Å². The molecular formula is C28H26N2O6. The molecule has 8 nitrogen and oxygen atoms in total.